The molecule has 1 heterocycles. The molecule has 3 nitrogen and oxygen atoms in total. The summed E-state index contributed by atoms with van der Waals surface area (Å²) < 4.78 is 5.11. The van der Waals surface area contributed by atoms with Gasteiger partial charge in [0.05, 0.1) is 19.6 Å². The van der Waals surface area contributed by atoms with Gasteiger partial charge in [0.15, 0.2) is 0 Å². The van der Waals surface area contributed by atoms with E-state index in [0.29, 0.717) is 6.42 Å². The fourth-order valence-corrected chi connectivity index (χ4v) is 2.54. The molecule has 0 spiro atoms. The average molecular weight is 275 g/mol. The molecule has 0 bridgehead atoms. The van der Waals surface area contributed by atoms with Crippen molar-refractivity contribution in [1.82, 2.24) is 5.32 Å². The molecule has 0 unspecified atom stereocenters. The lowest BCUT2D eigenvalue weighted by atomic mass is 10.1. The van der Waals surface area contributed by atoms with Crippen molar-refractivity contribution in [2.75, 3.05) is 7.11 Å². The zero-order valence-corrected chi connectivity index (χ0v) is 11.9. The van der Waals surface area contributed by atoms with Gasteiger partial charge in [-0.1, -0.05) is 18.2 Å². The van der Waals surface area contributed by atoms with E-state index in [1.807, 2.05) is 48.7 Å². The summed E-state index contributed by atoms with van der Waals surface area (Å²) in [5, 5.41) is 4.98. The SMILES string of the molecule is COc1ccc([C@H](C)NC(=O)Cc2cccs2)cc1. The van der Waals surface area contributed by atoms with Crippen LogP contribution in [0.15, 0.2) is 41.8 Å². The summed E-state index contributed by atoms with van der Waals surface area (Å²) >= 11 is 1.60. The van der Waals surface area contributed by atoms with Gasteiger partial charge in [-0.25, -0.2) is 0 Å². The molecule has 0 saturated carbocycles. The number of nitrogens with one attached hydrogen (secondary N) is 1. The van der Waals surface area contributed by atoms with Crippen LogP contribution in [0.5, 0.6) is 5.75 Å². The van der Waals surface area contributed by atoms with Crippen molar-refractivity contribution in [2.45, 2.75) is 19.4 Å². The molecule has 100 valence electrons. The molecule has 4 heteroatoms. The third kappa shape index (κ3) is 3.83. The number of methoxy groups -OCH3 is 1. The molecule has 2 aromatic rings. The van der Waals surface area contributed by atoms with E-state index >= 15 is 0 Å². The number of ether oxygens (including phenoxy) is 1. The Hall–Kier alpha value is -1.81. The smallest absolute Gasteiger partial charge is 0.225 e. The summed E-state index contributed by atoms with van der Waals surface area (Å²) in [4.78, 5) is 13.0. The molecule has 19 heavy (non-hydrogen) atoms. The van der Waals surface area contributed by atoms with Gasteiger partial charge >= 0.3 is 0 Å². The Labute approximate surface area is 117 Å². The molecular weight excluding hydrogens is 258 g/mol. The molecule has 0 aliphatic rings. The van der Waals surface area contributed by atoms with E-state index in [9.17, 15) is 4.79 Å². The number of hydrogen-bond donors (Lipinski definition) is 1. The first-order chi connectivity index (χ1) is 9.19. The molecule has 1 amide bonds. The fraction of sp³-hybridized carbons (Fsp3) is 0.267. The number of carbonyl (C=O) groups excluding carboxylic acids is 1. The molecule has 0 saturated heterocycles. The van der Waals surface area contributed by atoms with Crippen LogP contribution in [-0.2, 0) is 11.2 Å². The average Bonchev–Trinajstić information content (AvgIpc) is 2.91. The zero-order chi connectivity index (χ0) is 13.7. The molecular formula is C15H17NO2S. The largest absolute Gasteiger partial charge is 0.497 e. The second-order valence-electron chi connectivity index (χ2n) is 4.32. The lowest BCUT2D eigenvalue weighted by Gasteiger charge is -2.14. The van der Waals surface area contributed by atoms with Gasteiger partial charge in [0, 0.05) is 4.88 Å². The van der Waals surface area contributed by atoms with Crippen LogP contribution >= 0.6 is 11.3 Å². The first kappa shape index (κ1) is 13.6. The van der Waals surface area contributed by atoms with Crippen LogP contribution in [0, 0.1) is 0 Å². The predicted molar refractivity (Wildman–Crippen MR) is 77.6 cm³/mol. The van der Waals surface area contributed by atoms with Crippen LogP contribution in [0.3, 0.4) is 0 Å². The second kappa shape index (κ2) is 6.38. The number of rotatable bonds is 5. The fourth-order valence-electron chi connectivity index (χ4n) is 1.84. The molecule has 1 N–H and O–H groups in total. The number of carbonyl (C=O) groups is 1. The lowest BCUT2D eigenvalue weighted by Crippen LogP contribution is -2.27. The van der Waals surface area contributed by atoms with E-state index in [1.54, 1.807) is 18.4 Å². The minimum atomic E-state index is -0.00151. The summed E-state index contributed by atoms with van der Waals surface area (Å²) in [6, 6.07) is 11.7. The van der Waals surface area contributed by atoms with Crippen molar-refractivity contribution in [3.05, 3.63) is 52.2 Å². The standard InChI is InChI=1S/C15H17NO2S/c1-11(12-5-7-13(18-2)8-6-12)16-15(17)10-14-4-3-9-19-14/h3-9,11H,10H2,1-2H3,(H,16,17)/t11-/m0/s1. The van der Waals surface area contributed by atoms with E-state index in [2.05, 4.69) is 5.32 Å². The number of hydrogen-bond acceptors (Lipinski definition) is 3. The topological polar surface area (TPSA) is 38.3 Å². The summed E-state index contributed by atoms with van der Waals surface area (Å²) in [7, 11) is 1.64. The van der Waals surface area contributed by atoms with Gasteiger partial charge in [0.25, 0.3) is 0 Å². The molecule has 0 aliphatic carbocycles. The Morgan fingerprint density at radius 3 is 2.63 bits per heavy atom. The maximum Gasteiger partial charge on any atom is 0.225 e. The number of benzene rings is 1. The molecule has 0 aliphatic heterocycles. The van der Waals surface area contributed by atoms with Gasteiger partial charge < -0.3 is 10.1 Å². The highest BCUT2D eigenvalue weighted by Gasteiger charge is 2.10. The summed E-state index contributed by atoms with van der Waals surface area (Å²) in [5.74, 6) is 0.867. The zero-order valence-electron chi connectivity index (χ0n) is 11.1. The van der Waals surface area contributed by atoms with E-state index in [1.165, 1.54) is 0 Å². The van der Waals surface area contributed by atoms with Gasteiger partial charge in [0.1, 0.15) is 5.75 Å². The quantitative estimate of drug-likeness (QED) is 0.910. The third-order valence-corrected chi connectivity index (χ3v) is 3.78. The lowest BCUT2D eigenvalue weighted by molar-refractivity contribution is -0.121. The Morgan fingerprint density at radius 1 is 1.32 bits per heavy atom. The van der Waals surface area contributed by atoms with E-state index < -0.39 is 0 Å². The summed E-state index contributed by atoms with van der Waals surface area (Å²) in [6.45, 7) is 1.98. The highest BCUT2D eigenvalue weighted by atomic mass is 32.1. The second-order valence-corrected chi connectivity index (χ2v) is 5.35. The minimum Gasteiger partial charge on any atom is -0.497 e. The predicted octanol–water partition coefficient (Wildman–Crippen LogP) is 3.18. The molecule has 2 rings (SSSR count). The van der Waals surface area contributed by atoms with Crippen molar-refractivity contribution in [1.29, 1.82) is 0 Å². The van der Waals surface area contributed by atoms with Crippen LogP contribution in [-0.4, -0.2) is 13.0 Å². The summed E-state index contributed by atoms with van der Waals surface area (Å²) in [5.41, 5.74) is 1.07. The van der Waals surface area contributed by atoms with Crippen LogP contribution < -0.4 is 10.1 Å². The van der Waals surface area contributed by atoms with Crippen molar-refractivity contribution < 1.29 is 9.53 Å². The molecule has 1 atom stereocenters. The van der Waals surface area contributed by atoms with Crippen LogP contribution in [0.4, 0.5) is 0 Å². The monoisotopic (exact) mass is 275 g/mol. The van der Waals surface area contributed by atoms with Gasteiger partial charge in [-0.15, -0.1) is 11.3 Å². The molecule has 0 radical (unpaired) electrons. The van der Waals surface area contributed by atoms with Gasteiger partial charge in [-0.05, 0) is 36.1 Å². The molecule has 1 aromatic carbocycles. The van der Waals surface area contributed by atoms with Gasteiger partial charge in [-0.2, -0.15) is 0 Å². The molecule has 1 aromatic heterocycles. The maximum absolute atomic E-state index is 11.9. The van der Waals surface area contributed by atoms with Crippen molar-refractivity contribution in [2.24, 2.45) is 0 Å². The van der Waals surface area contributed by atoms with Crippen molar-refractivity contribution >= 4 is 17.2 Å². The van der Waals surface area contributed by atoms with Crippen molar-refractivity contribution in [3.63, 3.8) is 0 Å². The van der Waals surface area contributed by atoms with Crippen LogP contribution in [0.2, 0.25) is 0 Å². The van der Waals surface area contributed by atoms with Crippen molar-refractivity contribution in [3.8, 4) is 5.75 Å². The molecule has 0 fully saturated rings. The van der Waals surface area contributed by atoms with Gasteiger partial charge in [-0.3, -0.25) is 4.79 Å². The van der Waals surface area contributed by atoms with E-state index in [0.717, 1.165) is 16.2 Å². The Kier molecular flexibility index (Phi) is 4.58. The normalized spacial score (nSPS) is 11.9. The van der Waals surface area contributed by atoms with Crippen LogP contribution in [0.25, 0.3) is 0 Å². The third-order valence-electron chi connectivity index (χ3n) is 2.91. The minimum absolute atomic E-state index is 0.00151. The first-order valence-electron chi connectivity index (χ1n) is 6.14. The first-order valence-corrected chi connectivity index (χ1v) is 7.02. The Bertz CT molecular complexity index is 520. The maximum atomic E-state index is 11.9. The Balaban J connectivity index is 1.92. The van der Waals surface area contributed by atoms with Gasteiger partial charge in [0.2, 0.25) is 5.91 Å². The number of thiophene rings is 1. The highest BCUT2D eigenvalue weighted by molar-refractivity contribution is 7.10. The number of amides is 1. The highest BCUT2D eigenvalue weighted by Crippen LogP contribution is 2.17. The van der Waals surface area contributed by atoms with Crippen LogP contribution in [0.1, 0.15) is 23.4 Å². The summed E-state index contributed by atoms with van der Waals surface area (Å²) in [6.07, 6.45) is 0.443. The Morgan fingerprint density at radius 2 is 2.05 bits per heavy atom. The van der Waals surface area contributed by atoms with E-state index in [4.69, 9.17) is 4.74 Å². The van der Waals surface area contributed by atoms with E-state index in [-0.39, 0.29) is 11.9 Å².